The molecule has 1 aromatic heterocycles. The van der Waals surface area contributed by atoms with Gasteiger partial charge in [-0.3, -0.25) is 10.2 Å². The summed E-state index contributed by atoms with van der Waals surface area (Å²) in [5.41, 5.74) is 2.80. The summed E-state index contributed by atoms with van der Waals surface area (Å²) in [6.45, 7) is 0.265. The first-order chi connectivity index (χ1) is 5.25. The van der Waals surface area contributed by atoms with E-state index in [0.717, 1.165) is 0 Å². The van der Waals surface area contributed by atoms with E-state index in [4.69, 9.17) is 0 Å². The lowest BCUT2D eigenvalue weighted by atomic mass is 10.5. The lowest BCUT2D eigenvalue weighted by Crippen LogP contribution is -2.35. The van der Waals surface area contributed by atoms with Crippen LogP contribution < -0.4 is 10.7 Å². The van der Waals surface area contributed by atoms with Gasteiger partial charge in [0.2, 0.25) is 5.91 Å². The van der Waals surface area contributed by atoms with Crippen molar-refractivity contribution in [2.75, 3.05) is 17.3 Å². The lowest BCUT2D eigenvalue weighted by Gasteiger charge is -2.15. The fourth-order valence-electron chi connectivity index (χ4n) is 0.896. The van der Waals surface area contributed by atoms with Gasteiger partial charge in [-0.2, -0.15) is 4.79 Å². The second kappa shape index (κ2) is 2.23. The van der Waals surface area contributed by atoms with Crippen molar-refractivity contribution in [1.82, 2.24) is 9.89 Å². The van der Waals surface area contributed by atoms with Crippen LogP contribution in [0.5, 0.6) is 0 Å². The van der Waals surface area contributed by atoms with Crippen LogP contribution >= 0.6 is 15.9 Å². The fourth-order valence-corrected chi connectivity index (χ4v) is 1.27. The van der Waals surface area contributed by atoms with Crippen molar-refractivity contribution < 1.29 is 4.79 Å². The van der Waals surface area contributed by atoms with E-state index >= 15 is 0 Å². The van der Waals surface area contributed by atoms with Crippen molar-refractivity contribution in [3.05, 3.63) is 10.7 Å². The molecule has 2 rings (SSSR count). The SMILES string of the molecule is O=C1CNn2nc(Br)cc2N1. The Bertz CT molecular complexity index is 307. The molecule has 1 aliphatic rings. The molecule has 0 spiro atoms. The average Bonchev–Trinajstić information content (AvgIpc) is 2.27. The Morgan fingerprint density at radius 3 is 3.36 bits per heavy atom. The number of hydrogen-bond donors (Lipinski definition) is 2. The van der Waals surface area contributed by atoms with E-state index in [0.29, 0.717) is 10.4 Å². The molecular formula is C5H5BrN4O. The highest BCUT2D eigenvalue weighted by molar-refractivity contribution is 9.10. The molecular weight excluding hydrogens is 212 g/mol. The van der Waals surface area contributed by atoms with Crippen molar-refractivity contribution in [2.24, 2.45) is 0 Å². The van der Waals surface area contributed by atoms with Crippen LogP contribution in [-0.4, -0.2) is 22.3 Å². The maximum absolute atomic E-state index is 10.8. The molecule has 0 aliphatic carbocycles. The molecule has 0 radical (unpaired) electrons. The monoisotopic (exact) mass is 216 g/mol. The minimum atomic E-state index is -0.0510. The number of rotatable bonds is 0. The summed E-state index contributed by atoms with van der Waals surface area (Å²) in [5.74, 6) is 0.609. The number of halogens is 1. The van der Waals surface area contributed by atoms with Gasteiger partial charge in [0.15, 0.2) is 5.82 Å². The molecule has 11 heavy (non-hydrogen) atoms. The van der Waals surface area contributed by atoms with Crippen LogP contribution in [-0.2, 0) is 4.79 Å². The number of nitrogens with one attached hydrogen (secondary N) is 2. The van der Waals surface area contributed by atoms with E-state index in [1.165, 1.54) is 4.79 Å². The van der Waals surface area contributed by atoms with E-state index in [9.17, 15) is 4.79 Å². The van der Waals surface area contributed by atoms with Gasteiger partial charge in [0, 0.05) is 6.07 Å². The van der Waals surface area contributed by atoms with Gasteiger partial charge >= 0.3 is 0 Å². The minimum absolute atomic E-state index is 0.0510. The molecule has 1 aliphatic heterocycles. The summed E-state index contributed by atoms with van der Waals surface area (Å²) in [4.78, 5) is 12.3. The summed E-state index contributed by atoms with van der Waals surface area (Å²) in [6, 6.07) is 1.73. The fraction of sp³-hybridized carbons (Fsp3) is 0.200. The highest BCUT2D eigenvalue weighted by Gasteiger charge is 2.14. The van der Waals surface area contributed by atoms with Crippen molar-refractivity contribution in [3.63, 3.8) is 0 Å². The molecule has 0 unspecified atom stereocenters. The number of nitrogens with zero attached hydrogens (tertiary/aromatic N) is 2. The van der Waals surface area contributed by atoms with Crippen LogP contribution in [0.4, 0.5) is 5.82 Å². The summed E-state index contributed by atoms with van der Waals surface area (Å²) in [5, 5.41) is 6.64. The maximum Gasteiger partial charge on any atom is 0.246 e. The Morgan fingerprint density at radius 1 is 1.73 bits per heavy atom. The van der Waals surface area contributed by atoms with Gasteiger partial charge < -0.3 is 5.32 Å². The van der Waals surface area contributed by atoms with Crippen molar-refractivity contribution >= 4 is 27.7 Å². The predicted molar refractivity (Wildman–Crippen MR) is 42.8 cm³/mol. The molecule has 1 amide bonds. The highest BCUT2D eigenvalue weighted by atomic mass is 79.9. The Labute approximate surface area is 70.9 Å². The first kappa shape index (κ1) is 6.66. The summed E-state index contributed by atoms with van der Waals surface area (Å²) in [7, 11) is 0. The third kappa shape index (κ3) is 1.09. The van der Waals surface area contributed by atoms with E-state index < -0.39 is 0 Å². The molecule has 1 aromatic rings. The number of hydrogen-bond acceptors (Lipinski definition) is 3. The zero-order valence-corrected chi connectivity index (χ0v) is 7.05. The number of amides is 1. The second-order valence-corrected chi connectivity index (χ2v) is 2.96. The second-order valence-electron chi connectivity index (χ2n) is 2.15. The summed E-state index contributed by atoms with van der Waals surface area (Å²) >= 11 is 3.19. The van der Waals surface area contributed by atoms with Gasteiger partial charge in [0.1, 0.15) is 11.1 Å². The Morgan fingerprint density at radius 2 is 2.55 bits per heavy atom. The lowest BCUT2D eigenvalue weighted by molar-refractivity contribution is -0.115. The highest BCUT2D eigenvalue weighted by Crippen LogP contribution is 2.15. The Balaban J connectivity index is 2.41. The normalized spacial score (nSPS) is 15.2. The van der Waals surface area contributed by atoms with Gasteiger partial charge in [-0.25, -0.2) is 0 Å². The van der Waals surface area contributed by atoms with E-state index in [1.54, 1.807) is 6.07 Å². The third-order valence-corrected chi connectivity index (χ3v) is 1.72. The van der Waals surface area contributed by atoms with E-state index in [1.807, 2.05) is 0 Å². The van der Waals surface area contributed by atoms with Crippen molar-refractivity contribution in [1.29, 1.82) is 0 Å². The summed E-state index contributed by atoms with van der Waals surface area (Å²) in [6.07, 6.45) is 0. The number of aromatic nitrogens is 2. The minimum Gasteiger partial charge on any atom is -0.308 e. The van der Waals surface area contributed by atoms with Crippen LogP contribution in [0.25, 0.3) is 0 Å². The molecule has 2 N–H and O–H groups in total. The Kier molecular flexibility index (Phi) is 1.35. The topological polar surface area (TPSA) is 59.0 Å². The third-order valence-electron chi connectivity index (χ3n) is 1.34. The molecule has 0 aromatic carbocycles. The molecule has 0 saturated carbocycles. The molecule has 58 valence electrons. The number of anilines is 1. The summed E-state index contributed by atoms with van der Waals surface area (Å²) < 4.78 is 0.696. The van der Waals surface area contributed by atoms with Crippen LogP contribution in [0.15, 0.2) is 10.7 Å². The van der Waals surface area contributed by atoms with Gasteiger partial charge in [-0.15, -0.1) is 5.10 Å². The Hall–Kier alpha value is -1.04. The van der Waals surface area contributed by atoms with Gasteiger partial charge in [-0.05, 0) is 15.9 Å². The van der Waals surface area contributed by atoms with E-state index in [2.05, 4.69) is 31.8 Å². The molecule has 0 saturated heterocycles. The van der Waals surface area contributed by atoms with E-state index in [-0.39, 0.29) is 12.5 Å². The molecule has 5 nitrogen and oxygen atoms in total. The molecule has 6 heteroatoms. The number of carbonyl (C=O) groups is 1. The average molecular weight is 217 g/mol. The predicted octanol–water partition coefficient (Wildman–Crippen LogP) is 0.141. The van der Waals surface area contributed by atoms with Crippen molar-refractivity contribution in [3.8, 4) is 0 Å². The van der Waals surface area contributed by atoms with Crippen molar-refractivity contribution in [2.45, 2.75) is 0 Å². The van der Waals surface area contributed by atoms with Crippen LogP contribution in [0.2, 0.25) is 0 Å². The van der Waals surface area contributed by atoms with Gasteiger partial charge in [-0.1, -0.05) is 0 Å². The zero-order chi connectivity index (χ0) is 7.84. The van der Waals surface area contributed by atoms with Crippen LogP contribution in [0, 0.1) is 0 Å². The van der Waals surface area contributed by atoms with Gasteiger partial charge in [0.25, 0.3) is 0 Å². The quantitative estimate of drug-likeness (QED) is 0.649. The first-order valence-electron chi connectivity index (χ1n) is 3.05. The van der Waals surface area contributed by atoms with Crippen LogP contribution in [0.3, 0.4) is 0 Å². The molecule has 0 bridgehead atoms. The molecule has 0 atom stereocenters. The molecule has 0 fully saturated rings. The largest absolute Gasteiger partial charge is 0.308 e. The maximum atomic E-state index is 10.8. The number of carbonyl (C=O) groups excluding carboxylic acids is 1. The van der Waals surface area contributed by atoms with Gasteiger partial charge in [0.05, 0.1) is 0 Å². The zero-order valence-electron chi connectivity index (χ0n) is 5.47. The standard InChI is InChI=1S/C5H5BrN4O/c6-3-1-4-8-5(11)2-7-10(4)9-3/h1,7H,2H2,(H,8,11). The van der Waals surface area contributed by atoms with Crippen LogP contribution in [0.1, 0.15) is 0 Å². The number of fused-ring (bicyclic) bond motifs is 1. The first-order valence-corrected chi connectivity index (χ1v) is 3.84. The smallest absolute Gasteiger partial charge is 0.246 e. The molecule has 2 heterocycles.